The summed E-state index contributed by atoms with van der Waals surface area (Å²) in [6.07, 6.45) is 3.44. The number of amides is 1. The zero-order valence-electron chi connectivity index (χ0n) is 11.2. The zero-order chi connectivity index (χ0) is 13.7. The number of likely N-dealkylation sites (tertiary alicyclic amines) is 1. The van der Waals surface area contributed by atoms with Crippen molar-refractivity contribution in [2.45, 2.75) is 25.3 Å². The molecule has 0 atom stereocenters. The summed E-state index contributed by atoms with van der Waals surface area (Å²) < 4.78 is 7.08. The molecule has 0 saturated carbocycles. The molecular weight excluding hydrogens is 248 g/mol. The standard InChI is InChI=1S/C12H20N4O3/c1-19-7-6-16-9-13-14-12(16)10-2-4-15(5-3-10)11(18)8-17/h9-10,17H,2-8H2,1H3. The second-order valence-electron chi connectivity index (χ2n) is 4.69. The summed E-state index contributed by atoms with van der Waals surface area (Å²) in [7, 11) is 1.67. The highest BCUT2D eigenvalue weighted by atomic mass is 16.5. The molecule has 2 heterocycles. The third kappa shape index (κ3) is 3.30. The highest BCUT2D eigenvalue weighted by Gasteiger charge is 2.26. The SMILES string of the molecule is COCCn1cnnc1C1CCN(C(=O)CO)CC1. The van der Waals surface area contributed by atoms with Gasteiger partial charge in [-0.3, -0.25) is 4.79 Å². The molecule has 0 spiro atoms. The quantitative estimate of drug-likeness (QED) is 0.787. The van der Waals surface area contributed by atoms with Gasteiger partial charge in [-0.05, 0) is 12.8 Å². The van der Waals surface area contributed by atoms with E-state index in [1.54, 1.807) is 18.3 Å². The summed E-state index contributed by atoms with van der Waals surface area (Å²) in [4.78, 5) is 13.1. The van der Waals surface area contributed by atoms with Crippen molar-refractivity contribution in [2.24, 2.45) is 0 Å². The van der Waals surface area contributed by atoms with Gasteiger partial charge in [-0.25, -0.2) is 0 Å². The Morgan fingerprint density at radius 2 is 2.26 bits per heavy atom. The smallest absolute Gasteiger partial charge is 0.248 e. The number of hydrogen-bond donors (Lipinski definition) is 1. The van der Waals surface area contributed by atoms with E-state index in [-0.39, 0.29) is 5.91 Å². The van der Waals surface area contributed by atoms with Crippen molar-refractivity contribution in [1.29, 1.82) is 0 Å². The Bertz CT molecular complexity index is 413. The molecule has 1 amide bonds. The first-order valence-electron chi connectivity index (χ1n) is 6.51. The Balaban J connectivity index is 1.94. The Morgan fingerprint density at radius 1 is 1.53 bits per heavy atom. The topological polar surface area (TPSA) is 80.5 Å². The number of methoxy groups -OCH3 is 1. The number of aliphatic hydroxyl groups excluding tert-OH is 1. The second kappa shape index (κ2) is 6.63. The average Bonchev–Trinajstić information content (AvgIpc) is 2.92. The van der Waals surface area contributed by atoms with Crippen LogP contribution in [0.5, 0.6) is 0 Å². The molecule has 1 aromatic rings. The number of ether oxygens (including phenoxy) is 1. The summed E-state index contributed by atoms with van der Waals surface area (Å²) in [6, 6.07) is 0. The van der Waals surface area contributed by atoms with Crippen molar-refractivity contribution >= 4 is 5.91 Å². The van der Waals surface area contributed by atoms with Gasteiger partial charge in [0.05, 0.1) is 6.61 Å². The average molecular weight is 268 g/mol. The highest BCUT2D eigenvalue weighted by Crippen LogP contribution is 2.26. The van der Waals surface area contributed by atoms with E-state index >= 15 is 0 Å². The summed E-state index contributed by atoms with van der Waals surface area (Å²) in [5.41, 5.74) is 0. The molecule has 0 aromatic carbocycles. The minimum Gasteiger partial charge on any atom is -0.387 e. The van der Waals surface area contributed by atoms with Crippen molar-refractivity contribution < 1.29 is 14.6 Å². The minimum absolute atomic E-state index is 0.195. The first-order valence-corrected chi connectivity index (χ1v) is 6.51. The number of carbonyl (C=O) groups is 1. The fourth-order valence-corrected chi connectivity index (χ4v) is 2.43. The zero-order valence-corrected chi connectivity index (χ0v) is 11.2. The highest BCUT2D eigenvalue weighted by molar-refractivity contribution is 5.77. The maximum atomic E-state index is 11.4. The summed E-state index contributed by atoms with van der Waals surface area (Å²) in [5.74, 6) is 1.09. The first-order chi connectivity index (χ1) is 9.26. The van der Waals surface area contributed by atoms with Crippen LogP contribution in [-0.2, 0) is 16.1 Å². The Kier molecular flexibility index (Phi) is 4.86. The molecule has 7 heteroatoms. The van der Waals surface area contributed by atoms with Crippen LogP contribution in [0.4, 0.5) is 0 Å². The van der Waals surface area contributed by atoms with Gasteiger partial charge in [0, 0.05) is 32.7 Å². The Morgan fingerprint density at radius 3 is 2.89 bits per heavy atom. The van der Waals surface area contributed by atoms with Crippen LogP contribution in [0.15, 0.2) is 6.33 Å². The summed E-state index contributed by atoms with van der Waals surface area (Å²) >= 11 is 0. The Labute approximate surface area is 112 Å². The van der Waals surface area contributed by atoms with E-state index in [0.29, 0.717) is 25.6 Å². The molecule has 2 rings (SSSR count). The van der Waals surface area contributed by atoms with Gasteiger partial charge in [-0.1, -0.05) is 0 Å². The molecule has 7 nitrogen and oxygen atoms in total. The maximum Gasteiger partial charge on any atom is 0.248 e. The number of aromatic nitrogens is 3. The van der Waals surface area contributed by atoms with Gasteiger partial charge in [-0.2, -0.15) is 0 Å². The van der Waals surface area contributed by atoms with E-state index in [0.717, 1.165) is 25.2 Å². The molecule has 1 aromatic heterocycles. The molecule has 1 aliphatic heterocycles. The molecule has 0 radical (unpaired) electrons. The first kappa shape index (κ1) is 14.0. The third-order valence-corrected chi connectivity index (χ3v) is 3.53. The number of rotatable bonds is 5. The molecule has 1 N–H and O–H groups in total. The molecule has 0 aliphatic carbocycles. The second-order valence-corrected chi connectivity index (χ2v) is 4.69. The van der Waals surface area contributed by atoms with Gasteiger partial charge in [-0.15, -0.1) is 10.2 Å². The molecule has 19 heavy (non-hydrogen) atoms. The van der Waals surface area contributed by atoms with Crippen LogP contribution in [-0.4, -0.2) is 64.1 Å². The normalized spacial score (nSPS) is 16.8. The summed E-state index contributed by atoms with van der Waals surface area (Å²) in [5, 5.41) is 17.0. The lowest BCUT2D eigenvalue weighted by molar-refractivity contribution is -0.135. The van der Waals surface area contributed by atoms with E-state index in [1.165, 1.54) is 0 Å². The Hall–Kier alpha value is -1.47. The van der Waals surface area contributed by atoms with Crippen LogP contribution in [0.25, 0.3) is 0 Å². The number of carbonyl (C=O) groups excluding carboxylic acids is 1. The van der Waals surface area contributed by atoms with Gasteiger partial charge in [0.25, 0.3) is 0 Å². The molecule has 1 fully saturated rings. The molecular formula is C12H20N4O3. The molecule has 0 bridgehead atoms. The number of hydrogen-bond acceptors (Lipinski definition) is 5. The van der Waals surface area contributed by atoms with Crippen LogP contribution in [0.2, 0.25) is 0 Å². The van der Waals surface area contributed by atoms with Crippen molar-refractivity contribution in [3.63, 3.8) is 0 Å². The predicted octanol–water partition coefficient (Wildman–Crippen LogP) is -0.377. The van der Waals surface area contributed by atoms with Crippen LogP contribution in [0, 0.1) is 0 Å². The van der Waals surface area contributed by atoms with Crippen LogP contribution >= 0.6 is 0 Å². The van der Waals surface area contributed by atoms with E-state index in [4.69, 9.17) is 9.84 Å². The van der Waals surface area contributed by atoms with Crippen molar-refractivity contribution in [3.05, 3.63) is 12.2 Å². The molecule has 106 valence electrons. The van der Waals surface area contributed by atoms with Crippen LogP contribution < -0.4 is 0 Å². The lowest BCUT2D eigenvalue weighted by atomic mass is 9.96. The minimum atomic E-state index is -0.408. The third-order valence-electron chi connectivity index (χ3n) is 3.53. The number of piperidine rings is 1. The fourth-order valence-electron chi connectivity index (χ4n) is 2.43. The molecule has 1 saturated heterocycles. The van der Waals surface area contributed by atoms with Gasteiger partial charge in [0.1, 0.15) is 18.8 Å². The van der Waals surface area contributed by atoms with E-state index < -0.39 is 6.61 Å². The predicted molar refractivity (Wildman–Crippen MR) is 67.5 cm³/mol. The van der Waals surface area contributed by atoms with E-state index in [9.17, 15) is 4.79 Å². The van der Waals surface area contributed by atoms with Crippen molar-refractivity contribution in [3.8, 4) is 0 Å². The maximum absolute atomic E-state index is 11.4. The fraction of sp³-hybridized carbons (Fsp3) is 0.750. The summed E-state index contributed by atoms with van der Waals surface area (Å²) in [6.45, 7) is 2.30. The molecule has 1 aliphatic rings. The van der Waals surface area contributed by atoms with Crippen molar-refractivity contribution in [1.82, 2.24) is 19.7 Å². The van der Waals surface area contributed by atoms with Gasteiger partial charge in [0.15, 0.2) is 0 Å². The van der Waals surface area contributed by atoms with E-state index in [1.807, 2.05) is 4.57 Å². The molecule has 0 unspecified atom stereocenters. The van der Waals surface area contributed by atoms with Crippen LogP contribution in [0.3, 0.4) is 0 Å². The number of aliphatic hydroxyl groups is 1. The van der Waals surface area contributed by atoms with Crippen molar-refractivity contribution in [2.75, 3.05) is 33.4 Å². The largest absolute Gasteiger partial charge is 0.387 e. The van der Waals surface area contributed by atoms with Gasteiger partial charge in [0.2, 0.25) is 5.91 Å². The van der Waals surface area contributed by atoms with Crippen LogP contribution in [0.1, 0.15) is 24.6 Å². The lowest BCUT2D eigenvalue weighted by Crippen LogP contribution is -2.39. The lowest BCUT2D eigenvalue weighted by Gasteiger charge is -2.31. The van der Waals surface area contributed by atoms with E-state index in [2.05, 4.69) is 10.2 Å². The van der Waals surface area contributed by atoms with Gasteiger partial charge >= 0.3 is 0 Å². The monoisotopic (exact) mass is 268 g/mol. The van der Waals surface area contributed by atoms with Gasteiger partial charge < -0.3 is 19.3 Å². The number of nitrogens with zero attached hydrogens (tertiary/aromatic N) is 4.